The molecule has 0 amide bonds. The van der Waals surface area contributed by atoms with Gasteiger partial charge in [-0.2, -0.15) is 10.5 Å². The normalized spacial score (nSPS) is 10.6. The third-order valence-electron chi connectivity index (χ3n) is 9.11. The van der Waals surface area contributed by atoms with Crippen LogP contribution in [0.2, 0.25) is 10.0 Å². The van der Waals surface area contributed by atoms with Gasteiger partial charge in [-0.25, -0.2) is 8.78 Å². The van der Waals surface area contributed by atoms with E-state index in [-0.39, 0.29) is 64.8 Å². The van der Waals surface area contributed by atoms with Gasteiger partial charge in [-0.3, -0.25) is 14.8 Å². The van der Waals surface area contributed by atoms with Crippen LogP contribution >= 0.6 is 23.2 Å². The first kappa shape index (κ1) is 40.8. The molecular weight excluding hydrogens is 787 g/mol. The monoisotopic (exact) mass is 817 g/mol. The first-order chi connectivity index (χ1) is 28.0. The molecule has 58 heavy (non-hydrogen) atoms. The molecule has 290 valence electrons. The fraction of sp³-hybridized carbons (Fsp3) is 0.136. The smallest absolute Gasteiger partial charge is 0.153 e. The van der Waals surface area contributed by atoms with E-state index < -0.39 is 11.6 Å². The van der Waals surface area contributed by atoms with Crippen molar-refractivity contribution >= 4 is 35.7 Å². The molecule has 1 N–H and O–H groups in total. The Morgan fingerprint density at radius 3 is 1.79 bits per heavy atom. The van der Waals surface area contributed by atoms with Crippen LogP contribution in [-0.2, 0) is 26.4 Å². The summed E-state index contributed by atoms with van der Waals surface area (Å²) in [6, 6.07) is 18.7. The van der Waals surface area contributed by atoms with Crippen LogP contribution in [0, 0.1) is 53.6 Å². The second-order valence-electron chi connectivity index (χ2n) is 12.9. The van der Waals surface area contributed by atoms with Crippen molar-refractivity contribution in [3.05, 3.63) is 163 Å². The summed E-state index contributed by atoms with van der Waals surface area (Å²) in [5, 5.41) is 26.5. The van der Waals surface area contributed by atoms with Crippen molar-refractivity contribution in [3.63, 3.8) is 0 Å². The Morgan fingerprint density at radius 1 is 0.672 bits per heavy atom. The fourth-order valence-corrected chi connectivity index (χ4v) is 6.47. The van der Waals surface area contributed by atoms with E-state index in [4.69, 9.17) is 47.6 Å². The lowest BCUT2D eigenvalue weighted by Gasteiger charge is -2.19. The number of rotatable bonds is 15. The SMILES string of the molecule is Cc1c(COc2cc(OCc3cncc(C#N)c3)c(C=N)cc2Cl)cc(F)cc1-c1ccc(F)c(COc2cc(OCc3cncc(C#N)c3)c(C=O)cc2Cl)c1C. The molecule has 0 saturated heterocycles. The van der Waals surface area contributed by atoms with Gasteiger partial charge < -0.3 is 24.4 Å². The first-order valence-electron chi connectivity index (χ1n) is 17.4. The highest BCUT2D eigenvalue weighted by Gasteiger charge is 2.19. The van der Waals surface area contributed by atoms with Crippen LogP contribution in [0.3, 0.4) is 0 Å². The number of pyridine rings is 2. The summed E-state index contributed by atoms with van der Waals surface area (Å²) < 4.78 is 54.6. The minimum absolute atomic E-state index is 0.00177. The van der Waals surface area contributed by atoms with E-state index in [1.165, 1.54) is 61.1 Å². The zero-order valence-corrected chi connectivity index (χ0v) is 32.4. The Balaban J connectivity index is 1.21. The van der Waals surface area contributed by atoms with Crippen LogP contribution in [0.1, 0.15) is 60.4 Å². The molecule has 0 atom stereocenters. The van der Waals surface area contributed by atoms with Gasteiger partial charge >= 0.3 is 0 Å². The number of nitriles is 2. The number of benzene rings is 4. The van der Waals surface area contributed by atoms with Crippen LogP contribution in [-0.4, -0.2) is 22.5 Å². The molecule has 0 spiro atoms. The molecule has 0 radical (unpaired) electrons. The van der Waals surface area contributed by atoms with Crippen molar-refractivity contribution in [2.24, 2.45) is 0 Å². The van der Waals surface area contributed by atoms with E-state index in [1.807, 2.05) is 12.1 Å². The number of aromatic nitrogens is 2. The summed E-state index contributed by atoms with van der Waals surface area (Å²) in [6.45, 7) is 3.20. The molecule has 0 unspecified atom stereocenters. The molecule has 0 saturated carbocycles. The summed E-state index contributed by atoms with van der Waals surface area (Å²) >= 11 is 13.0. The Labute approximate surface area is 342 Å². The van der Waals surface area contributed by atoms with E-state index in [1.54, 1.807) is 38.2 Å². The summed E-state index contributed by atoms with van der Waals surface area (Å²) in [5.41, 5.74) is 5.41. The maximum Gasteiger partial charge on any atom is 0.153 e. The quantitative estimate of drug-likeness (QED) is 0.0788. The number of carbonyl (C=O) groups excluding carboxylic acids is 1. The maximum absolute atomic E-state index is 15.4. The predicted octanol–water partition coefficient (Wildman–Crippen LogP) is 10.2. The predicted molar refractivity (Wildman–Crippen MR) is 213 cm³/mol. The number of nitrogens with zero attached hydrogens (tertiary/aromatic N) is 4. The van der Waals surface area contributed by atoms with Crippen LogP contribution in [0.15, 0.2) is 85.5 Å². The average molecular weight is 819 g/mol. The van der Waals surface area contributed by atoms with Crippen molar-refractivity contribution in [2.75, 3.05) is 0 Å². The van der Waals surface area contributed by atoms with Gasteiger partial charge in [-0.15, -0.1) is 0 Å². The van der Waals surface area contributed by atoms with Crippen molar-refractivity contribution in [1.29, 1.82) is 15.9 Å². The zero-order chi connectivity index (χ0) is 41.3. The van der Waals surface area contributed by atoms with Crippen LogP contribution in [0.25, 0.3) is 11.1 Å². The van der Waals surface area contributed by atoms with Gasteiger partial charge in [0.15, 0.2) is 6.29 Å². The standard InChI is InChI=1S/C44H31Cl2F2N5O5/c1-25-33(23-57-43-11-41(31(15-51)8-38(43)45)55-21-29-5-27(13-49)16-52-18-29)7-34(47)10-36(25)35-3-4-40(48)37(26(35)2)24-58-44-12-42(32(20-54)9-39(44)46)56-22-30-6-28(14-50)17-53-19-30/h3-12,15-20,51H,21-24H2,1-2H3. The molecule has 0 fully saturated rings. The van der Waals surface area contributed by atoms with Crippen LogP contribution < -0.4 is 18.9 Å². The van der Waals surface area contributed by atoms with E-state index >= 15 is 8.78 Å². The topological polar surface area (TPSA) is 151 Å². The minimum atomic E-state index is -0.559. The highest BCUT2D eigenvalue weighted by atomic mass is 35.5. The third kappa shape index (κ3) is 9.39. The first-order valence-corrected chi connectivity index (χ1v) is 18.2. The molecule has 4 aromatic carbocycles. The van der Waals surface area contributed by atoms with E-state index in [0.717, 1.165) is 6.21 Å². The number of halogens is 4. The van der Waals surface area contributed by atoms with Crippen molar-refractivity contribution in [2.45, 2.75) is 40.3 Å². The Bertz CT molecular complexity index is 2640. The zero-order valence-electron chi connectivity index (χ0n) is 30.9. The Morgan fingerprint density at radius 2 is 1.22 bits per heavy atom. The molecule has 6 rings (SSSR count). The van der Waals surface area contributed by atoms with E-state index in [0.29, 0.717) is 67.7 Å². The second-order valence-corrected chi connectivity index (χ2v) is 13.7. The maximum atomic E-state index is 15.4. The van der Waals surface area contributed by atoms with E-state index in [9.17, 15) is 15.3 Å². The minimum Gasteiger partial charge on any atom is -0.488 e. The van der Waals surface area contributed by atoms with Crippen LogP contribution in [0.5, 0.6) is 23.0 Å². The van der Waals surface area contributed by atoms with Gasteiger partial charge in [0.25, 0.3) is 0 Å². The average Bonchev–Trinajstić information content (AvgIpc) is 3.23. The largest absolute Gasteiger partial charge is 0.488 e. The molecule has 0 aliphatic heterocycles. The number of hydrogen-bond donors (Lipinski definition) is 1. The van der Waals surface area contributed by atoms with Gasteiger partial charge in [-0.05, 0) is 84.1 Å². The van der Waals surface area contributed by atoms with Crippen molar-refractivity contribution < 1.29 is 32.5 Å². The summed E-state index contributed by atoms with van der Waals surface area (Å²) in [6.07, 6.45) is 7.62. The molecule has 0 bridgehead atoms. The summed E-state index contributed by atoms with van der Waals surface area (Å²) in [7, 11) is 0. The fourth-order valence-electron chi connectivity index (χ4n) is 6.02. The number of nitrogens with one attached hydrogen (secondary N) is 1. The molecule has 6 aromatic rings. The van der Waals surface area contributed by atoms with Gasteiger partial charge in [0.2, 0.25) is 0 Å². The van der Waals surface area contributed by atoms with Gasteiger partial charge in [0.05, 0.1) is 26.7 Å². The molecule has 2 heterocycles. The number of hydrogen-bond acceptors (Lipinski definition) is 10. The molecule has 2 aromatic heterocycles. The highest BCUT2D eigenvalue weighted by Crippen LogP contribution is 2.37. The van der Waals surface area contributed by atoms with Crippen molar-refractivity contribution in [3.8, 4) is 46.3 Å². The lowest BCUT2D eigenvalue weighted by atomic mass is 9.91. The summed E-state index contributed by atoms with van der Waals surface area (Å²) in [4.78, 5) is 19.9. The second kappa shape index (κ2) is 18.4. The van der Waals surface area contributed by atoms with Gasteiger partial charge in [-0.1, -0.05) is 29.3 Å². The highest BCUT2D eigenvalue weighted by molar-refractivity contribution is 6.32. The molecule has 0 aliphatic carbocycles. The van der Waals surface area contributed by atoms with Crippen molar-refractivity contribution in [1.82, 2.24) is 9.97 Å². The lowest BCUT2D eigenvalue weighted by Crippen LogP contribution is -2.06. The van der Waals surface area contributed by atoms with Crippen LogP contribution in [0.4, 0.5) is 8.78 Å². The molecule has 0 aliphatic rings. The Kier molecular flexibility index (Phi) is 12.9. The Hall–Kier alpha value is -6.86. The molecule has 14 heteroatoms. The summed E-state index contributed by atoms with van der Waals surface area (Å²) in [5.74, 6) is -0.294. The molecule has 10 nitrogen and oxygen atoms in total. The number of carbonyl (C=O) groups is 1. The molecular formula is C44H31Cl2F2N5O5. The number of ether oxygens (including phenoxy) is 4. The van der Waals surface area contributed by atoms with Gasteiger partial charge in [0.1, 0.15) is 73.2 Å². The van der Waals surface area contributed by atoms with Gasteiger partial charge in [0, 0.05) is 65.4 Å². The van der Waals surface area contributed by atoms with E-state index in [2.05, 4.69) is 9.97 Å². The lowest BCUT2D eigenvalue weighted by molar-refractivity contribution is 0.111. The number of aldehydes is 1. The third-order valence-corrected chi connectivity index (χ3v) is 9.71.